The maximum absolute atomic E-state index is 12.3. The number of nitrogens with one attached hydrogen (secondary N) is 2. The van der Waals surface area contributed by atoms with Crippen LogP contribution < -0.4 is 10.9 Å². The molecule has 0 unspecified atom stereocenters. The number of nitrogens with zero attached hydrogens (tertiary/aromatic N) is 1. The number of para-hydroxylation sites is 1. The van der Waals surface area contributed by atoms with E-state index in [-0.39, 0.29) is 11.6 Å². The molecule has 2 aromatic heterocycles. The van der Waals surface area contributed by atoms with Crippen LogP contribution in [-0.2, 0) is 0 Å². The van der Waals surface area contributed by atoms with Crippen LogP contribution in [0.4, 0.5) is 5.69 Å². The van der Waals surface area contributed by atoms with Crippen LogP contribution in [0.5, 0.6) is 0 Å². The van der Waals surface area contributed by atoms with Crippen molar-refractivity contribution in [3.05, 3.63) is 57.0 Å². The van der Waals surface area contributed by atoms with E-state index in [1.807, 2.05) is 51.1 Å². The molecular formula is C16H17N3OS. The van der Waals surface area contributed by atoms with E-state index in [9.17, 15) is 4.79 Å². The summed E-state index contributed by atoms with van der Waals surface area (Å²) >= 11 is 1.57. The number of rotatable bonds is 3. The normalized spacial score (nSPS) is 12.5. The Morgan fingerprint density at radius 1 is 1.24 bits per heavy atom. The summed E-state index contributed by atoms with van der Waals surface area (Å²) in [6.07, 6.45) is 0. The third kappa shape index (κ3) is 2.56. The summed E-state index contributed by atoms with van der Waals surface area (Å²) in [5.41, 5.74) is 1.98. The predicted molar refractivity (Wildman–Crippen MR) is 88.2 cm³/mol. The molecule has 0 bridgehead atoms. The smallest absolute Gasteiger partial charge is 0.259 e. The summed E-state index contributed by atoms with van der Waals surface area (Å²) < 4.78 is 0. The Labute approximate surface area is 126 Å². The highest BCUT2D eigenvalue weighted by Crippen LogP contribution is 2.26. The van der Waals surface area contributed by atoms with Crippen LogP contribution in [0.3, 0.4) is 0 Å². The Balaban J connectivity index is 1.99. The van der Waals surface area contributed by atoms with Gasteiger partial charge in [0.05, 0.1) is 11.4 Å². The van der Waals surface area contributed by atoms with E-state index in [1.54, 1.807) is 11.3 Å². The molecule has 108 valence electrons. The molecule has 0 radical (unpaired) electrons. The number of hydrogen-bond donors (Lipinski definition) is 2. The van der Waals surface area contributed by atoms with Gasteiger partial charge in [-0.15, -0.1) is 11.3 Å². The largest absolute Gasteiger partial charge is 0.375 e. The Morgan fingerprint density at radius 2 is 1.95 bits per heavy atom. The van der Waals surface area contributed by atoms with E-state index in [2.05, 4.69) is 15.3 Å². The maximum Gasteiger partial charge on any atom is 0.259 e. The Bertz CT molecular complexity index is 836. The second kappa shape index (κ2) is 5.33. The fraction of sp³-hybridized carbons (Fsp3) is 0.250. The molecule has 1 aromatic carbocycles. The highest BCUT2D eigenvalue weighted by molar-refractivity contribution is 7.18. The average molecular weight is 299 g/mol. The zero-order valence-corrected chi connectivity index (χ0v) is 13.0. The van der Waals surface area contributed by atoms with Crippen molar-refractivity contribution in [1.82, 2.24) is 9.97 Å². The lowest BCUT2D eigenvalue weighted by molar-refractivity contribution is 0.792. The first kappa shape index (κ1) is 13.8. The summed E-state index contributed by atoms with van der Waals surface area (Å²) in [6, 6.07) is 9.84. The second-order valence-corrected chi connectivity index (χ2v) is 6.35. The molecule has 0 saturated heterocycles. The van der Waals surface area contributed by atoms with E-state index >= 15 is 0 Å². The van der Waals surface area contributed by atoms with E-state index in [1.165, 1.54) is 0 Å². The van der Waals surface area contributed by atoms with Crippen molar-refractivity contribution in [2.24, 2.45) is 0 Å². The van der Waals surface area contributed by atoms with E-state index in [4.69, 9.17) is 0 Å². The number of aryl methyl sites for hydroxylation is 2. The lowest BCUT2D eigenvalue weighted by Gasteiger charge is -2.14. The Morgan fingerprint density at radius 3 is 2.67 bits per heavy atom. The van der Waals surface area contributed by atoms with Crippen molar-refractivity contribution in [3.63, 3.8) is 0 Å². The lowest BCUT2D eigenvalue weighted by Crippen LogP contribution is -2.17. The minimum Gasteiger partial charge on any atom is -0.375 e. The van der Waals surface area contributed by atoms with Crippen molar-refractivity contribution in [2.75, 3.05) is 5.32 Å². The molecule has 4 nitrogen and oxygen atoms in total. The Kier molecular flexibility index (Phi) is 3.51. The van der Waals surface area contributed by atoms with Gasteiger partial charge in [0.15, 0.2) is 0 Å². The minimum absolute atomic E-state index is 0.0569. The molecule has 0 spiro atoms. The zero-order valence-electron chi connectivity index (χ0n) is 12.2. The van der Waals surface area contributed by atoms with Gasteiger partial charge in [-0.2, -0.15) is 0 Å². The van der Waals surface area contributed by atoms with Crippen LogP contribution in [0.1, 0.15) is 29.2 Å². The summed E-state index contributed by atoms with van der Waals surface area (Å²) in [5.74, 6) is 0.664. The van der Waals surface area contributed by atoms with Crippen molar-refractivity contribution < 1.29 is 0 Å². The molecule has 0 aliphatic heterocycles. The quantitative estimate of drug-likeness (QED) is 0.774. The molecule has 0 fully saturated rings. The molecule has 0 amide bonds. The first-order chi connectivity index (χ1) is 10.1. The summed E-state index contributed by atoms with van der Waals surface area (Å²) in [4.78, 5) is 21.7. The minimum atomic E-state index is -0.0628. The van der Waals surface area contributed by atoms with Crippen LogP contribution >= 0.6 is 11.3 Å². The number of aromatic amines is 1. The van der Waals surface area contributed by atoms with Crippen molar-refractivity contribution >= 4 is 27.2 Å². The molecule has 3 aromatic rings. The topological polar surface area (TPSA) is 57.8 Å². The number of hydrogen-bond acceptors (Lipinski definition) is 4. The van der Waals surface area contributed by atoms with Crippen LogP contribution in [0, 0.1) is 13.8 Å². The number of thiophene rings is 1. The highest BCUT2D eigenvalue weighted by atomic mass is 32.1. The second-order valence-electron chi connectivity index (χ2n) is 5.15. The first-order valence-corrected chi connectivity index (χ1v) is 7.69. The van der Waals surface area contributed by atoms with Crippen LogP contribution in [0.25, 0.3) is 10.2 Å². The van der Waals surface area contributed by atoms with Gasteiger partial charge in [-0.1, -0.05) is 18.2 Å². The summed E-state index contributed by atoms with van der Waals surface area (Å²) in [5, 5.41) is 4.06. The highest BCUT2D eigenvalue weighted by Gasteiger charge is 2.15. The van der Waals surface area contributed by atoms with E-state index in [0.717, 1.165) is 21.0 Å². The molecule has 1 atom stereocenters. The zero-order chi connectivity index (χ0) is 15.0. The van der Waals surface area contributed by atoms with Gasteiger partial charge in [0, 0.05) is 10.6 Å². The number of anilines is 1. The number of H-pyrrole nitrogens is 1. The van der Waals surface area contributed by atoms with Gasteiger partial charge < -0.3 is 10.3 Å². The third-order valence-electron chi connectivity index (χ3n) is 3.62. The van der Waals surface area contributed by atoms with Crippen LogP contribution in [0.15, 0.2) is 35.1 Å². The predicted octanol–water partition coefficient (Wildman–Crippen LogP) is 3.77. The fourth-order valence-corrected chi connectivity index (χ4v) is 3.37. The summed E-state index contributed by atoms with van der Waals surface area (Å²) in [6.45, 7) is 5.98. The van der Waals surface area contributed by atoms with Gasteiger partial charge in [-0.05, 0) is 38.5 Å². The summed E-state index contributed by atoms with van der Waals surface area (Å²) in [7, 11) is 0. The first-order valence-electron chi connectivity index (χ1n) is 6.87. The van der Waals surface area contributed by atoms with Crippen molar-refractivity contribution in [1.29, 1.82) is 0 Å². The molecular weight excluding hydrogens is 282 g/mol. The van der Waals surface area contributed by atoms with Crippen LogP contribution in [0.2, 0.25) is 0 Å². The SMILES string of the molecule is Cc1sc2nc([C@@H](C)Nc3ccccc3)[nH]c(=O)c2c1C. The van der Waals surface area contributed by atoms with Gasteiger partial charge in [0.25, 0.3) is 5.56 Å². The molecule has 0 aliphatic carbocycles. The fourth-order valence-electron chi connectivity index (χ4n) is 2.33. The number of fused-ring (bicyclic) bond motifs is 1. The monoisotopic (exact) mass is 299 g/mol. The van der Waals surface area contributed by atoms with Crippen LogP contribution in [-0.4, -0.2) is 9.97 Å². The molecule has 3 rings (SSSR count). The molecule has 21 heavy (non-hydrogen) atoms. The van der Waals surface area contributed by atoms with Gasteiger partial charge >= 0.3 is 0 Å². The molecule has 2 N–H and O–H groups in total. The third-order valence-corrected chi connectivity index (χ3v) is 4.73. The van der Waals surface area contributed by atoms with E-state index < -0.39 is 0 Å². The van der Waals surface area contributed by atoms with Gasteiger partial charge in [-0.3, -0.25) is 4.79 Å². The number of aromatic nitrogens is 2. The Hall–Kier alpha value is -2.14. The molecule has 0 saturated carbocycles. The lowest BCUT2D eigenvalue weighted by atomic mass is 10.2. The van der Waals surface area contributed by atoms with E-state index in [0.29, 0.717) is 11.2 Å². The van der Waals surface area contributed by atoms with Gasteiger partial charge in [0.1, 0.15) is 10.7 Å². The standard InChI is InChI=1S/C16H17N3OS/c1-9-11(3)21-16-13(9)15(20)18-14(19-16)10(2)17-12-7-5-4-6-8-12/h4-8,10,17H,1-3H3,(H,18,19,20)/t10-/m1/s1. The van der Waals surface area contributed by atoms with Crippen molar-refractivity contribution in [2.45, 2.75) is 26.8 Å². The maximum atomic E-state index is 12.3. The number of benzene rings is 1. The molecule has 0 aliphatic rings. The molecule has 2 heterocycles. The molecule has 5 heteroatoms. The van der Waals surface area contributed by atoms with Gasteiger partial charge in [-0.25, -0.2) is 4.98 Å². The van der Waals surface area contributed by atoms with Gasteiger partial charge in [0.2, 0.25) is 0 Å². The average Bonchev–Trinajstić information content (AvgIpc) is 2.75. The van der Waals surface area contributed by atoms with Crippen molar-refractivity contribution in [3.8, 4) is 0 Å².